The molecule has 1 amide bonds. The number of benzene rings is 2. The Kier molecular flexibility index (Phi) is 5.89. The highest BCUT2D eigenvalue weighted by molar-refractivity contribution is 5.95. The van der Waals surface area contributed by atoms with Crippen LogP contribution in [0.4, 0.5) is 0 Å². The first-order valence-corrected chi connectivity index (χ1v) is 9.86. The van der Waals surface area contributed by atoms with Crippen molar-refractivity contribution in [2.75, 3.05) is 0 Å². The van der Waals surface area contributed by atoms with Gasteiger partial charge in [0, 0.05) is 30.7 Å². The van der Waals surface area contributed by atoms with Gasteiger partial charge in [0.05, 0.1) is 24.8 Å². The van der Waals surface area contributed by atoms with E-state index in [0.29, 0.717) is 24.2 Å². The summed E-state index contributed by atoms with van der Waals surface area (Å²) in [5, 5.41) is 18.8. The highest BCUT2D eigenvalue weighted by Gasteiger charge is 2.09. The van der Waals surface area contributed by atoms with Crippen molar-refractivity contribution >= 4 is 11.7 Å². The van der Waals surface area contributed by atoms with Crippen LogP contribution < -0.4 is 11.1 Å². The summed E-state index contributed by atoms with van der Waals surface area (Å²) in [6, 6.07) is 17.4. The summed E-state index contributed by atoms with van der Waals surface area (Å²) in [6.45, 7) is 1.71. The summed E-state index contributed by atoms with van der Waals surface area (Å²) in [6.07, 6.45) is 7.02. The van der Waals surface area contributed by atoms with Gasteiger partial charge >= 0.3 is 0 Å². The Bertz CT molecular complexity index is 1160. The van der Waals surface area contributed by atoms with Gasteiger partial charge < -0.3 is 11.1 Å². The summed E-state index contributed by atoms with van der Waals surface area (Å²) in [5.41, 5.74) is 9.83. The molecule has 0 fully saturated rings. The largest absolute Gasteiger partial charge is 0.384 e. The van der Waals surface area contributed by atoms with Crippen molar-refractivity contribution in [3.8, 4) is 0 Å². The van der Waals surface area contributed by atoms with E-state index in [2.05, 4.69) is 39.8 Å². The summed E-state index contributed by atoms with van der Waals surface area (Å²) in [7, 11) is 0. The van der Waals surface area contributed by atoms with Gasteiger partial charge in [-0.3, -0.25) is 19.6 Å². The van der Waals surface area contributed by atoms with Crippen molar-refractivity contribution in [3.05, 3.63) is 107 Å². The molecule has 0 aliphatic carbocycles. The van der Waals surface area contributed by atoms with Gasteiger partial charge in [-0.2, -0.15) is 10.2 Å². The molecule has 0 spiro atoms. The molecule has 2 heterocycles. The number of amidine groups is 1. The molecule has 156 valence electrons. The van der Waals surface area contributed by atoms with Crippen molar-refractivity contribution in [2.24, 2.45) is 5.73 Å². The van der Waals surface area contributed by atoms with Crippen LogP contribution in [0.1, 0.15) is 32.6 Å². The molecule has 4 aromatic rings. The van der Waals surface area contributed by atoms with Crippen molar-refractivity contribution in [1.82, 2.24) is 24.9 Å². The zero-order chi connectivity index (χ0) is 21.6. The quantitative estimate of drug-likeness (QED) is 0.304. The fourth-order valence-electron chi connectivity index (χ4n) is 3.17. The number of carbonyl (C=O) groups is 1. The van der Waals surface area contributed by atoms with Crippen LogP contribution in [0.2, 0.25) is 0 Å². The van der Waals surface area contributed by atoms with Gasteiger partial charge in [0.15, 0.2) is 0 Å². The molecule has 0 bridgehead atoms. The SMILES string of the molecule is N=C(N)c1ccc(CNC(=O)c2cnn(Cc3ccc(Cn4cccn4)cc3)c2)cc1. The van der Waals surface area contributed by atoms with E-state index in [4.69, 9.17) is 11.1 Å². The molecule has 4 N–H and O–H groups in total. The summed E-state index contributed by atoms with van der Waals surface area (Å²) in [4.78, 5) is 12.4. The third-order valence-electron chi connectivity index (χ3n) is 4.88. The van der Waals surface area contributed by atoms with Crippen LogP contribution in [0.25, 0.3) is 0 Å². The number of nitrogen functional groups attached to an aromatic ring is 1. The molecule has 0 atom stereocenters. The Hall–Kier alpha value is -4.20. The van der Waals surface area contributed by atoms with E-state index in [9.17, 15) is 4.79 Å². The topological polar surface area (TPSA) is 115 Å². The van der Waals surface area contributed by atoms with Crippen molar-refractivity contribution in [2.45, 2.75) is 19.6 Å². The molecule has 8 heteroatoms. The van der Waals surface area contributed by atoms with Crippen molar-refractivity contribution in [1.29, 1.82) is 5.41 Å². The van der Waals surface area contributed by atoms with Gasteiger partial charge in [-0.25, -0.2) is 0 Å². The molecule has 0 radical (unpaired) electrons. The molecule has 31 heavy (non-hydrogen) atoms. The zero-order valence-corrected chi connectivity index (χ0v) is 16.9. The Balaban J connectivity index is 1.31. The lowest BCUT2D eigenvalue weighted by Crippen LogP contribution is -2.22. The summed E-state index contributed by atoms with van der Waals surface area (Å²) in [5.74, 6) is -0.160. The molecule has 0 aliphatic heterocycles. The number of hydrogen-bond acceptors (Lipinski definition) is 4. The maximum atomic E-state index is 12.4. The second-order valence-corrected chi connectivity index (χ2v) is 7.24. The number of aromatic nitrogens is 4. The third kappa shape index (κ3) is 5.24. The van der Waals surface area contributed by atoms with Gasteiger partial charge in [-0.15, -0.1) is 0 Å². The number of carbonyl (C=O) groups excluding carboxylic acids is 1. The number of rotatable bonds is 8. The average Bonchev–Trinajstić information content (AvgIpc) is 3.46. The van der Waals surface area contributed by atoms with Gasteiger partial charge in [0.25, 0.3) is 5.91 Å². The molecule has 2 aromatic carbocycles. The van der Waals surface area contributed by atoms with Crippen LogP contribution in [-0.2, 0) is 19.6 Å². The maximum absolute atomic E-state index is 12.4. The van der Waals surface area contributed by atoms with Crippen LogP contribution in [-0.4, -0.2) is 31.3 Å². The first-order valence-electron chi connectivity index (χ1n) is 9.86. The monoisotopic (exact) mass is 413 g/mol. The van der Waals surface area contributed by atoms with Gasteiger partial charge in [0.2, 0.25) is 0 Å². The minimum Gasteiger partial charge on any atom is -0.384 e. The van der Waals surface area contributed by atoms with E-state index in [1.165, 1.54) is 5.56 Å². The summed E-state index contributed by atoms with van der Waals surface area (Å²) < 4.78 is 3.63. The maximum Gasteiger partial charge on any atom is 0.254 e. The predicted octanol–water partition coefficient (Wildman–Crippen LogP) is 2.39. The van der Waals surface area contributed by atoms with Crippen LogP contribution in [0.5, 0.6) is 0 Å². The Morgan fingerprint density at radius 2 is 1.55 bits per heavy atom. The molecule has 8 nitrogen and oxygen atoms in total. The lowest BCUT2D eigenvalue weighted by Gasteiger charge is -2.06. The Morgan fingerprint density at radius 1 is 0.903 bits per heavy atom. The molecule has 0 saturated heterocycles. The van der Waals surface area contributed by atoms with E-state index in [0.717, 1.165) is 17.7 Å². The Labute approximate surface area is 179 Å². The standard InChI is InChI=1S/C23H23N7O/c24-22(25)20-8-6-17(7-9-20)12-26-23(31)21-13-28-30(16-21)15-19-4-2-18(3-5-19)14-29-11-1-10-27-29/h1-11,13,16H,12,14-15H2,(H3,24,25)(H,26,31). The van der Waals surface area contributed by atoms with Gasteiger partial charge in [-0.05, 0) is 22.8 Å². The molecular weight excluding hydrogens is 390 g/mol. The zero-order valence-electron chi connectivity index (χ0n) is 16.9. The molecule has 0 aliphatic rings. The molecule has 2 aromatic heterocycles. The average molecular weight is 413 g/mol. The van der Waals surface area contributed by atoms with E-state index in [1.807, 2.05) is 29.1 Å². The highest BCUT2D eigenvalue weighted by Crippen LogP contribution is 2.09. The number of nitrogens with two attached hydrogens (primary N) is 1. The van der Waals surface area contributed by atoms with E-state index in [-0.39, 0.29) is 11.7 Å². The van der Waals surface area contributed by atoms with E-state index in [1.54, 1.807) is 35.4 Å². The van der Waals surface area contributed by atoms with Crippen LogP contribution in [0.15, 0.2) is 79.4 Å². The number of nitrogens with one attached hydrogen (secondary N) is 2. The lowest BCUT2D eigenvalue weighted by atomic mass is 10.1. The molecular formula is C23H23N7O. The van der Waals surface area contributed by atoms with Crippen molar-refractivity contribution < 1.29 is 4.79 Å². The first-order chi connectivity index (χ1) is 15.1. The minimum absolute atomic E-state index is 0.0237. The highest BCUT2D eigenvalue weighted by atomic mass is 16.1. The number of amides is 1. The fourth-order valence-corrected chi connectivity index (χ4v) is 3.17. The van der Waals surface area contributed by atoms with Crippen LogP contribution in [0.3, 0.4) is 0 Å². The minimum atomic E-state index is -0.184. The fraction of sp³-hybridized carbons (Fsp3) is 0.130. The van der Waals surface area contributed by atoms with E-state index >= 15 is 0 Å². The number of nitrogens with zero attached hydrogens (tertiary/aromatic N) is 4. The molecule has 4 rings (SSSR count). The van der Waals surface area contributed by atoms with Crippen LogP contribution in [0, 0.1) is 5.41 Å². The van der Waals surface area contributed by atoms with Gasteiger partial charge in [-0.1, -0.05) is 48.5 Å². The van der Waals surface area contributed by atoms with Gasteiger partial charge in [0.1, 0.15) is 5.84 Å². The first kappa shape index (κ1) is 20.1. The van der Waals surface area contributed by atoms with Crippen molar-refractivity contribution in [3.63, 3.8) is 0 Å². The smallest absolute Gasteiger partial charge is 0.254 e. The number of hydrogen-bond donors (Lipinski definition) is 3. The molecule has 0 unspecified atom stereocenters. The third-order valence-corrected chi connectivity index (χ3v) is 4.88. The normalized spacial score (nSPS) is 10.7. The predicted molar refractivity (Wildman–Crippen MR) is 118 cm³/mol. The van der Waals surface area contributed by atoms with E-state index < -0.39 is 0 Å². The lowest BCUT2D eigenvalue weighted by molar-refractivity contribution is 0.0951. The Morgan fingerprint density at radius 3 is 2.16 bits per heavy atom. The molecule has 0 saturated carbocycles. The second kappa shape index (κ2) is 9.08. The van der Waals surface area contributed by atoms with Crippen LogP contribution >= 0.6 is 0 Å². The summed E-state index contributed by atoms with van der Waals surface area (Å²) >= 11 is 0. The second-order valence-electron chi connectivity index (χ2n) is 7.24.